The van der Waals surface area contributed by atoms with Gasteiger partial charge in [-0.1, -0.05) is 18.2 Å². The van der Waals surface area contributed by atoms with E-state index in [1.54, 1.807) is 23.0 Å². The lowest BCUT2D eigenvalue weighted by Gasteiger charge is -2.07. The Morgan fingerprint density at radius 3 is 2.55 bits per heavy atom. The lowest BCUT2D eigenvalue weighted by molar-refractivity contribution is -0.384. The highest BCUT2D eigenvalue weighted by Crippen LogP contribution is 2.26. The average Bonchev–Trinajstić information content (AvgIpc) is 3.31. The predicted octanol–water partition coefficient (Wildman–Crippen LogP) is 3.39. The van der Waals surface area contributed by atoms with Gasteiger partial charge in [0.25, 0.3) is 5.69 Å². The molecular weight excluding hydrogens is 390 g/mol. The number of nitro groups is 1. The van der Waals surface area contributed by atoms with Crippen molar-refractivity contribution < 1.29 is 4.92 Å². The van der Waals surface area contributed by atoms with E-state index in [0.29, 0.717) is 23.0 Å². The Balaban J connectivity index is 1.57. The Morgan fingerprint density at radius 1 is 1.10 bits per heavy atom. The number of hydrogen-bond donors (Lipinski definition) is 1. The summed E-state index contributed by atoms with van der Waals surface area (Å²) in [6.07, 6.45) is 1.66. The summed E-state index contributed by atoms with van der Waals surface area (Å²) in [7, 11) is 0. The Hall–Kier alpha value is -3.53. The van der Waals surface area contributed by atoms with Gasteiger partial charge in [0.15, 0.2) is 0 Å². The van der Waals surface area contributed by atoms with Gasteiger partial charge in [-0.2, -0.15) is 9.90 Å². The molecule has 2 aromatic carbocycles. The van der Waals surface area contributed by atoms with Crippen LogP contribution in [0.4, 0.5) is 5.69 Å². The van der Waals surface area contributed by atoms with Crippen LogP contribution in [0.25, 0.3) is 17.1 Å². The van der Waals surface area contributed by atoms with Gasteiger partial charge in [-0.3, -0.25) is 10.1 Å². The van der Waals surface area contributed by atoms with Crippen molar-refractivity contribution in [1.82, 2.24) is 30.0 Å². The lowest BCUT2D eigenvalue weighted by atomic mass is 10.1. The van der Waals surface area contributed by atoms with Gasteiger partial charge in [-0.15, -0.1) is 22.8 Å². The van der Waals surface area contributed by atoms with Crippen molar-refractivity contribution in [3.63, 3.8) is 0 Å². The smallest absolute Gasteiger partial charge is 0.258 e. The molecule has 4 aromatic rings. The molecule has 0 saturated carbocycles. The molecule has 0 radical (unpaired) electrons. The summed E-state index contributed by atoms with van der Waals surface area (Å²) < 4.78 is 1.72. The molecule has 0 aliphatic rings. The highest BCUT2D eigenvalue weighted by Gasteiger charge is 2.16. The summed E-state index contributed by atoms with van der Waals surface area (Å²) in [4.78, 5) is 11.7. The zero-order valence-electron chi connectivity index (χ0n) is 15.7. The van der Waals surface area contributed by atoms with E-state index in [9.17, 15) is 10.1 Å². The second-order valence-corrected chi connectivity index (χ2v) is 7.05. The summed E-state index contributed by atoms with van der Waals surface area (Å²) in [5.41, 5.74) is 4.82. The van der Waals surface area contributed by atoms with Gasteiger partial charge < -0.3 is 0 Å². The van der Waals surface area contributed by atoms with Crippen molar-refractivity contribution in [3.05, 3.63) is 75.5 Å². The number of hydrogen-bond acceptors (Lipinski definition) is 7. The minimum absolute atomic E-state index is 0.0412. The molecule has 146 valence electrons. The second-order valence-electron chi connectivity index (χ2n) is 6.63. The van der Waals surface area contributed by atoms with Gasteiger partial charge >= 0.3 is 0 Å². The summed E-state index contributed by atoms with van der Waals surface area (Å²) in [5.74, 6) is 0.409. The Morgan fingerprint density at radius 2 is 1.86 bits per heavy atom. The van der Waals surface area contributed by atoms with Crippen molar-refractivity contribution >= 4 is 18.3 Å². The lowest BCUT2D eigenvalue weighted by Crippen LogP contribution is -2.04. The largest absolute Gasteiger partial charge is 0.269 e. The van der Waals surface area contributed by atoms with E-state index in [1.165, 1.54) is 28.1 Å². The number of aromatic nitrogens is 6. The van der Waals surface area contributed by atoms with E-state index in [-0.39, 0.29) is 5.69 Å². The monoisotopic (exact) mass is 407 g/mol. The van der Waals surface area contributed by atoms with E-state index >= 15 is 0 Å². The highest BCUT2D eigenvalue weighted by molar-refractivity contribution is 7.80. The molecule has 29 heavy (non-hydrogen) atoms. The number of thiol groups is 1. The first-order valence-electron chi connectivity index (χ1n) is 8.78. The minimum Gasteiger partial charge on any atom is -0.258 e. The fourth-order valence-corrected chi connectivity index (χ4v) is 3.18. The summed E-state index contributed by atoms with van der Waals surface area (Å²) >= 11 is 4.60. The Labute approximate surface area is 171 Å². The van der Waals surface area contributed by atoms with Crippen LogP contribution < -0.4 is 0 Å². The van der Waals surface area contributed by atoms with Crippen LogP contribution in [0, 0.1) is 24.0 Å². The average molecular weight is 407 g/mol. The fourth-order valence-electron chi connectivity index (χ4n) is 2.85. The van der Waals surface area contributed by atoms with Crippen molar-refractivity contribution in [1.29, 1.82) is 0 Å². The molecule has 0 atom stereocenters. The van der Waals surface area contributed by atoms with Gasteiger partial charge in [0.1, 0.15) is 5.03 Å². The van der Waals surface area contributed by atoms with Crippen LogP contribution in [-0.4, -0.2) is 34.9 Å². The Kier molecular flexibility index (Phi) is 4.85. The molecule has 0 bridgehead atoms. The zero-order chi connectivity index (χ0) is 20.5. The zero-order valence-corrected chi connectivity index (χ0v) is 16.6. The third-order valence-electron chi connectivity index (χ3n) is 4.64. The van der Waals surface area contributed by atoms with Crippen LogP contribution in [0.5, 0.6) is 0 Å². The molecule has 0 aliphatic heterocycles. The SMILES string of the molecule is Cc1ccc(-n2ncc(-c3nnn(Cc4ccc([N+](=O)[O-])cc4)n3)c2S)cc1C. The van der Waals surface area contributed by atoms with Crippen LogP contribution in [0.2, 0.25) is 0 Å². The standard InChI is InChI=1S/C19H17N7O2S/c1-12-3-6-16(9-13(12)2)25-19(29)17(10-20-25)18-21-23-24(22-18)11-14-4-7-15(8-5-14)26(27)28/h3-10,29H,11H2,1-2H3. The molecule has 2 heterocycles. The highest BCUT2D eigenvalue weighted by atomic mass is 32.1. The van der Waals surface area contributed by atoms with Crippen LogP contribution in [0.1, 0.15) is 16.7 Å². The van der Waals surface area contributed by atoms with E-state index in [2.05, 4.69) is 40.1 Å². The molecule has 4 rings (SSSR count). The second kappa shape index (κ2) is 7.47. The van der Waals surface area contributed by atoms with Gasteiger partial charge in [-0.05, 0) is 47.9 Å². The molecule has 0 amide bonds. The van der Waals surface area contributed by atoms with Crippen LogP contribution in [0.3, 0.4) is 0 Å². The van der Waals surface area contributed by atoms with Crippen molar-refractivity contribution in [2.75, 3.05) is 0 Å². The topological polar surface area (TPSA) is 105 Å². The Bertz CT molecular complexity index is 1200. The molecule has 9 nitrogen and oxygen atoms in total. The van der Waals surface area contributed by atoms with Crippen LogP contribution in [0.15, 0.2) is 53.7 Å². The van der Waals surface area contributed by atoms with Gasteiger partial charge in [0.2, 0.25) is 5.82 Å². The van der Waals surface area contributed by atoms with Crippen molar-refractivity contribution in [2.45, 2.75) is 25.4 Å². The van der Waals surface area contributed by atoms with E-state index in [4.69, 9.17) is 0 Å². The first-order chi connectivity index (χ1) is 13.9. The van der Waals surface area contributed by atoms with Gasteiger partial charge in [-0.25, -0.2) is 4.68 Å². The normalized spacial score (nSPS) is 11.0. The number of rotatable bonds is 5. The van der Waals surface area contributed by atoms with Gasteiger partial charge in [0.05, 0.1) is 28.9 Å². The molecule has 0 aliphatic carbocycles. The maximum Gasteiger partial charge on any atom is 0.269 e. The van der Waals surface area contributed by atoms with Crippen LogP contribution >= 0.6 is 12.6 Å². The maximum atomic E-state index is 10.8. The van der Waals surface area contributed by atoms with E-state index in [1.807, 2.05) is 25.1 Å². The quantitative estimate of drug-likeness (QED) is 0.309. The van der Waals surface area contributed by atoms with Crippen LogP contribution in [-0.2, 0) is 6.54 Å². The predicted molar refractivity (Wildman–Crippen MR) is 109 cm³/mol. The molecule has 10 heteroatoms. The summed E-state index contributed by atoms with van der Waals surface area (Å²) in [6, 6.07) is 12.3. The fraction of sp³-hybridized carbons (Fsp3) is 0.158. The maximum absolute atomic E-state index is 10.8. The van der Waals surface area contributed by atoms with Gasteiger partial charge in [0, 0.05) is 12.1 Å². The van der Waals surface area contributed by atoms with Crippen molar-refractivity contribution in [3.8, 4) is 17.1 Å². The third kappa shape index (κ3) is 3.74. The first kappa shape index (κ1) is 18.8. The number of nitrogens with zero attached hydrogens (tertiary/aromatic N) is 7. The number of aryl methyl sites for hydroxylation is 2. The molecule has 0 fully saturated rings. The molecule has 0 spiro atoms. The number of non-ortho nitro benzene ring substituents is 1. The molecule has 0 saturated heterocycles. The summed E-state index contributed by atoms with van der Waals surface area (Å²) in [6.45, 7) is 4.45. The number of nitro benzene ring substituents is 1. The van der Waals surface area contributed by atoms with Crippen molar-refractivity contribution in [2.24, 2.45) is 0 Å². The molecule has 2 aromatic heterocycles. The van der Waals surface area contributed by atoms with E-state index < -0.39 is 4.92 Å². The van der Waals surface area contributed by atoms with E-state index in [0.717, 1.165) is 11.3 Å². The summed E-state index contributed by atoms with van der Waals surface area (Å²) in [5, 5.41) is 28.3. The molecule has 0 unspecified atom stereocenters. The number of benzene rings is 2. The first-order valence-corrected chi connectivity index (χ1v) is 9.23. The number of tetrazole rings is 1. The minimum atomic E-state index is -0.434. The molecular formula is C19H17N7O2S. The molecule has 0 N–H and O–H groups in total. The third-order valence-corrected chi connectivity index (χ3v) is 5.07.